The number of morpholine rings is 1. The number of carbonyl (C=O) groups excluding carboxylic acids is 2. The molecule has 0 aliphatic carbocycles. The second-order valence-electron chi connectivity index (χ2n) is 10.7. The largest absolute Gasteiger partial charge is 0.392 e. The van der Waals surface area contributed by atoms with E-state index < -0.39 is 6.29 Å². The van der Waals surface area contributed by atoms with Gasteiger partial charge >= 0.3 is 0 Å². The molecule has 218 valence electrons. The summed E-state index contributed by atoms with van der Waals surface area (Å²) >= 11 is 0. The van der Waals surface area contributed by atoms with Crippen LogP contribution in [0.25, 0.3) is 0 Å². The van der Waals surface area contributed by atoms with Crippen molar-refractivity contribution in [2.24, 2.45) is 5.92 Å². The molecule has 0 radical (unpaired) electrons. The van der Waals surface area contributed by atoms with Crippen molar-refractivity contribution in [3.8, 4) is 0 Å². The fraction of sp³-hybridized carbons (Fsp3) is 0.548. The Morgan fingerprint density at radius 1 is 1.00 bits per heavy atom. The highest BCUT2D eigenvalue weighted by atomic mass is 16.7. The van der Waals surface area contributed by atoms with Gasteiger partial charge in [0.15, 0.2) is 6.29 Å². The van der Waals surface area contributed by atoms with E-state index in [9.17, 15) is 14.7 Å². The van der Waals surface area contributed by atoms with E-state index in [1.54, 1.807) is 0 Å². The topological polar surface area (TPSA) is 109 Å². The summed E-state index contributed by atoms with van der Waals surface area (Å²) in [4.78, 5) is 25.9. The highest BCUT2D eigenvalue weighted by Gasteiger charge is 2.39. The molecule has 2 aliphatic rings. The van der Waals surface area contributed by atoms with Crippen LogP contribution < -0.4 is 10.6 Å². The number of carbonyl (C=O) groups is 2. The summed E-state index contributed by atoms with van der Waals surface area (Å²) in [5.41, 5.74) is 3.47. The fourth-order valence-electron chi connectivity index (χ4n) is 5.20. The molecule has 2 heterocycles. The van der Waals surface area contributed by atoms with Crippen LogP contribution in [-0.4, -0.2) is 67.3 Å². The second-order valence-corrected chi connectivity index (χ2v) is 10.7. The highest BCUT2D eigenvalue weighted by molar-refractivity contribution is 5.90. The Labute approximate surface area is 237 Å². The SMILES string of the molecule is CC(=O)NCCCCCC(=O)Nc1cccc([C@H]2O[C@@H](CN3CCOCC3)[C@@H](C)[C@@H](c3ccc(CO)cc3)O2)c1. The van der Waals surface area contributed by atoms with Crippen molar-refractivity contribution in [1.82, 2.24) is 10.2 Å². The van der Waals surface area contributed by atoms with E-state index in [1.807, 2.05) is 48.5 Å². The van der Waals surface area contributed by atoms with Crippen LogP contribution in [0.2, 0.25) is 0 Å². The normalized spacial score (nSPS) is 23.5. The summed E-state index contributed by atoms with van der Waals surface area (Å²) in [5.74, 6) is 0.0341. The maximum Gasteiger partial charge on any atom is 0.224 e. The molecule has 2 aliphatic heterocycles. The minimum absolute atomic E-state index is 0.00232. The van der Waals surface area contributed by atoms with Crippen LogP contribution in [0.15, 0.2) is 48.5 Å². The molecule has 40 heavy (non-hydrogen) atoms. The zero-order valence-corrected chi connectivity index (χ0v) is 23.6. The Bertz CT molecular complexity index is 1090. The summed E-state index contributed by atoms with van der Waals surface area (Å²) in [6.45, 7) is 8.30. The van der Waals surface area contributed by atoms with Crippen molar-refractivity contribution in [2.75, 3.05) is 44.7 Å². The molecule has 2 aromatic carbocycles. The quantitative estimate of drug-likeness (QED) is 0.342. The number of aliphatic hydroxyl groups excluding tert-OH is 1. The Morgan fingerprint density at radius 3 is 2.50 bits per heavy atom. The number of amides is 2. The average Bonchev–Trinajstić information content (AvgIpc) is 2.96. The molecule has 2 aromatic rings. The van der Waals surface area contributed by atoms with Gasteiger partial charge in [0.1, 0.15) is 0 Å². The summed E-state index contributed by atoms with van der Waals surface area (Å²) in [6.07, 6.45) is 2.08. The van der Waals surface area contributed by atoms with Crippen molar-refractivity contribution in [1.29, 1.82) is 0 Å². The lowest BCUT2D eigenvalue weighted by Crippen LogP contribution is -2.47. The third-order valence-corrected chi connectivity index (χ3v) is 7.56. The molecular formula is C31H43N3O6. The maximum atomic E-state index is 12.6. The molecular weight excluding hydrogens is 510 g/mol. The molecule has 0 aromatic heterocycles. The lowest BCUT2D eigenvalue weighted by Gasteiger charge is -2.43. The number of nitrogens with one attached hydrogen (secondary N) is 2. The maximum absolute atomic E-state index is 12.6. The van der Waals surface area contributed by atoms with E-state index in [-0.39, 0.29) is 36.5 Å². The summed E-state index contributed by atoms with van der Waals surface area (Å²) in [6, 6.07) is 15.6. The second kappa shape index (κ2) is 15.3. The molecule has 0 spiro atoms. The molecule has 3 N–H and O–H groups in total. The molecule has 2 saturated heterocycles. The van der Waals surface area contributed by atoms with E-state index in [0.29, 0.717) is 18.7 Å². The number of anilines is 1. The third-order valence-electron chi connectivity index (χ3n) is 7.56. The number of aliphatic hydroxyl groups is 1. The van der Waals surface area contributed by atoms with Crippen molar-refractivity contribution in [3.63, 3.8) is 0 Å². The van der Waals surface area contributed by atoms with Gasteiger partial charge in [0.2, 0.25) is 11.8 Å². The van der Waals surface area contributed by atoms with Crippen molar-refractivity contribution in [3.05, 3.63) is 65.2 Å². The number of benzene rings is 2. The molecule has 0 saturated carbocycles. The number of ether oxygens (including phenoxy) is 3. The standard InChI is InChI=1S/C31H43N3O6/c1-22-28(20-34-15-17-38-18-16-34)39-31(40-30(22)25-12-10-24(21-35)11-13-25)26-7-6-8-27(19-26)33-29(37)9-4-3-5-14-32-23(2)36/h6-8,10-13,19,22,28,30-31,35H,3-5,9,14-18,20-21H2,1-2H3,(H,32,36)(H,33,37)/t22-,28+,30+,31+/m1/s1. The number of unbranched alkanes of at least 4 members (excludes halogenated alkanes) is 2. The molecule has 2 fully saturated rings. The Hall–Kier alpha value is -2.82. The predicted molar refractivity (Wildman–Crippen MR) is 152 cm³/mol. The molecule has 9 nitrogen and oxygen atoms in total. The van der Waals surface area contributed by atoms with Gasteiger partial charge < -0.3 is 30.0 Å². The number of hydrogen-bond donors (Lipinski definition) is 3. The van der Waals surface area contributed by atoms with Crippen LogP contribution >= 0.6 is 0 Å². The van der Waals surface area contributed by atoms with Crippen LogP contribution in [0.1, 0.15) is 68.6 Å². The predicted octanol–water partition coefficient (Wildman–Crippen LogP) is 3.94. The molecule has 9 heteroatoms. The third kappa shape index (κ3) is 8.84. The van der Waals surface area contributed by atoms with Gasteiger partial charge in [-0.3, -0.25) is 14.5 Å². The first-order chi connectivity index (χ1) is 19.4. The summed E-state index contributed by atoms with van der Waals surface area (Å²) in [7, 11) is 0. The van der Waals surface area contributed by atoms with Crippen molar-refractivity contribution in [2.45, 2.75) is 64.6 Å². The summed E-state index contributed by atoms with van der Waals surface area (Å²) < 4.78 is 18.7. The zero-order chi connectivity index (χ0) is 28.3. The molecule has 0 unspecified atom stereocenters. The average molecular weight is 554 g/mol. The van der Waals surface area contributed by atoms with E-state index in [0.717, 1.165) is 68.8 Å². The van der Waals surface area contributed by atoms with Gasteiger partial charge in [-0.2, -0.15) is 0 Å². The van der Waals surface area contributed by atoms with Crippen LogP contribution in [-0.2, 0) is 30.4 Å². The van der Waals surface area contributed by atoms with Gasteiger partial charge in [-0.1, -0.05) is 49.7 Å². The Kier molecular flexibility index (Phi) is 11.5. The van der Waals surface area contributed by atoms with Gasteiger partial charge in [0.25, 0.3) is 0 Å². The van der Waals surface area contributed by atoms with Gasteiger partial charge in [-0.05, 0) is 36.1 Å². The van der Waals surface area contributed by atoms with E-state index in [2.05, 4.69) is 22.5 Å². The van der Waals surface area contributed by atoms with Crippen LogP contribution in [0.3, 0.4) is 0 Å². The molecule has 0 bridgehead atoms. The Balaban J connectivity index is 1.42. The Morgan fingerprint density at radius 2 is 1.77 bits per heavy atom. The first-order valence-corrected chi connectivity index (χ1v) is 14.4. The summed E-state index contributed by atoms with van der Waals surface area (Å²) in [5, 5.41) is 15.3. The molecule has 4 atom stereocenters. The first-order valence-electron chi connectivity index (χ1n) is 14.4. The fourth-order valence-corrected chi connectivity index (χ4v) is 5.20. The first kappa shape index (κ1) is 30.1. The van der Waals surface area contributed by atoms with Crippen LogP contribution in [0.5, 0.6) is 0 Å². The highest BCUT2D eigenvalue weighted by Crippen LogP contribution is 2.42. The van der Waals surface area contributed by atoms with E-state index >= 15 is 0 Å². The minimum Gasteiger partial charge on any atom is -0.392 e. The lowest BCUT2D eigenvalue weighted by atomic mass is 9.90. The molecule has 4 rings (SSSR count). The van der Waals surface area contributed by atoms with Gasteiger partial charge in [0.05, 0.1) is 32.0 Å². The number of hydrogen-bond acceptors (Lipinski definition) is 7. The minimum atomic E-state index is -0.588. The lowest BCUT2D eigenvalue weighted by molar-refractivity contribution is -0.277. The van der Waals surface area contributed by atoms with Gasteiger partial charge in [-0.15, -0.1) is 0 Å². The monoisotopic (exact) mass is 553 g/mol. The zero-order valence-electron chi connectivity index (χ0n) is 23.6. The molecule has 2 amide bonds. The van der Waals surface area contributed by atoms with Gasteiger partial charge in [0, 0.05) is 56.7 Å². The van der Waals surface area contributed by atoms with Crippen LogP contribution in [0, 0.1) is 5.92 Å². The van der Waals surface area contributed by atoms with Crippen molar-refractivity contribution < 1.29 is 28.9 Å². The van der Waals surface area contributed by atoms with Crippen LogP contribution in [0.4, 0.5) is 5.69 Å². The number of nitrogens with zero attached hydrogens (tertiary/aromatic N) is 1. The van der Waals surface area contributed by atoms with Crippen molar-refractivity contribution >= 4 is 17.5 Å². The van der Waals surface area contributed by atoms with E-state index in [1.165, 1.54) is 6.92 Å². The van der Waals surface area contributed by atoms with E-state index in [4.69, 9.17) is 14.2 Å². The van der Waals surface area contributed by atoms with Gasteiger partial charge in [-0.25, -0.2) is 0 Å². The smallest absolute Gasteiger partial charge is 0.224 e. The number of rotatable bonds is 12.